The Balaban J connectivity index is 1.28. The van der Waals surface area contributed by atoms with Crippen LogP contribution in [0.15, 0.2) is 60.8 Å². The predicted octanol–water partition coefficient (Wildman–Crippen LogP) is 6.40. The Morgan fingerprint density at radius 2 is 1.68 bits per heavy atom. The Bertz CT molecular complexity index is 1400. The first-order chi connectivity index (χ1) is 17.7. The highest BCUT2D eigenvalue weighted by molar-refractivity contribution is 5.82. The number of carboxylic acid groups (broad SMARTS) is 1. The van der Waals surface area contributed by atoms with Gasteiger partial charge in [0, 0.05) is 43.9 Å². The third-order valence-corrected chi connectivity index (χ3v) is 7.14. The number of aryl methyl sites for hydroxylation is 1. The van der Waals surface area contributed by atoms with Gasteiger partial charge in [0.15, 0.2) is 0 Å². The molecule has 2 aromatic heterocycles. The van der Waals surface area contributed by atoms with Crippen LogP contribution in [0.2, 0.25) is 0 Å². The number of piperidine rings is 1. The predicted molar refractivity (Wildman–Crippen MR) is 136 cm³/mol. The maximum Gasteiger partial charge on any atom is 0.416 e. The lowest BCUT2D eigenvalue weighted by atomic mass is 9.92. The van der Waals surface area contributed by atoms with Crippen LogP contribution in [0.5, 0.6) is 0 Å². The molecule has 0 radical (unpaired) electrons. The van der Waals surface area contributed by atoms with Gasteiger partial charge in [0.1, 0.15) is 11.6 Å². The number of alkyl halides is 3. The highest BCUT2D eigenvalue weighted by Gasteiger charge is 2.31. The molecule has 0 saturated carbocycles. The van der Waals surface area contributed by atoms with Crippen LogP contribution in [-0.4, -0.2) is 38.7 Å². The Labute approximate surface area is 212 Å². The van der Waals surface area contributed by atoms with E-state index < -0.39 is 17.7 Å². The van der Waals surface area contributed by atoms with Crippen LogP contribution in [-0.2, 0) is 18.0 Å². The molecule has 0 bridgehead atoms. The number of fused-ring (bicyclic) bond motifs is 1. The average Bonchev–Trinajstić information content (AvgIpc) is 3.23. The summed E-state index contributed by atoms with van der Waals surface area (Å²) in [6.07, 6.45) is 0.334. The van der Waals surface area contributed by atoms with Gasteiger partial charge in [-0.25, -0.2) is 9.97 Å². The minimum atomic E-state index is -4.41. The summed E-state index contributed by atoms with van der Waals surface area (Å²) in [7, 11) is 1.80. The fourth-order valence-corrected chi connectivity index (χ4v) is 4.97. The van der Waals surface area contributed by atoms with E-state index in [1.54, 1.807) is 11.6 Å². The van der Waals surface area contributed by atoms with Crippen molar-refractivity contribution < 1.29 is 23.1 Å². The second kappa shape index (κ2) is 9.88. The maximum atomic E-state index is 13.1. The molecule has 1 saturated heterocycles. The Morgan fingerprint density at radius 3 is 2.30 bits per heavy atom. The molecule has 0 amide bonds. The third-order valence-electron chi connectivity index (χ3n) is 7.14. The number of pyridine rings is 1. The van der Waals surface area contributed by atoms with Crippen molar-refractivity contribution in [1.29, 1.82) is 0 Å². The van der Waals surface area contributed by atoms with Crippen molar-refractivity contribution in [3.63, 3.8) is 0 Å². The first-order valence-electron chi connectivity index (χ1n) is 12.3. The van der Waals surface area contributed by atoms with E-state index in [0.29, 0.717) is 22.8 Å². The average molecular weight is 509 g/mol. The molecule has 37 heavy (non-hydrogen) atoms. The van der Waals surface area contributed by atoms with E-state index in [4.69, 9.17) is 5.11 Å². The molecule has 0 spiro atoms. The second-order valence-corrected chi connectivity index (χ2v) is 9.54. The summed E-state index contributed by atoms with van der Waals surface area (Å²) >= 11 is 0. The van der Waals surface area contributed by atoms with E-state index in [2.05, 4.69) is 14.9 Å². The number of nitrogens with zero attached hydrogens (tertiary/aromatic N) is 4. The van der Waals surface area contributed by atoms with Crippen molar-refractivity contribution in [2.45, 2.75) is 31.9 Å². The fourth-order valence-electron chi connectivity index (χ4n) is 4.97. The second-order valence-electron chi connectivity index (χ2n) is 9.54. The molecule has 1 fully saturated rings. The topological polar surface area (TPSA) is 71.2 Å². The van der Waals surface area contributed by atoms with E-state index in [-0.39, 0.29) is 6.42 Å². The SMILES string of the molecule is Cn1c(-c2ccc(-c3ccc(N4CCC(CCC(=O)O)CC4)nc3)cc2)nc2cc(C(F)(F)F)ccc21. The van der Waals surface area contributed by atoms with Gasteiger partial charge in [0.25, 0.3) is 0 Å². The highest BCUT2D eigenvalue weighted by atomic mass is 19.4. The maximum absolute atomic E-state index is 13.1. The molecule has 192 valence electrons. The zero-order chi connectivity index (χ0) is 26.2. The summed E-state index contributed by atoms with van der Waals surface area (Å²) in [5.41, 5.74) is 2.99. The summed E-state index contributed by atoms with van der Waals surface area (Å²) in [5, 5.41) is 8.88. The largest absolute Gasteiger partial charge is 0.481 e. The number of anilines is 1. The van der Waals surface area contributed by atoms with Crippen molar-refractivity contribution >= 4 is 22.8 Å². The van der Waals surface area contributed by atoms with E-state index in [1.165, 1.54) is 6.07 Å². The van der Waals surface area contributed by atoms with Gasteiger partial charge >= 0.3 is 12.1 Å². The van der Waals surface area contributed by atoms with Crippen molar-refractivity contribution in [3.8, 4) is 22.5 Å². The quantitative estimate of drug-likeness (QED) is 0.326. The number of hydrogen-bond acceptors (Lipinski definition) is 4. The number of benzene rings is 2. The van der Waals surface area contributed by atoms with Gasteiger partial charge in [-0.15, -0.1) is 0 Å². The lowest BCUT2D eigenvalue weighted by molar-refractivity contribution is -0.138. The number of aliphatic carboxylic acids is 1. The van der Waals surface area contributed by atoms with Gasteiger partial charge < -0.3 is 14.6 Å². The van der Waals surface area contributed by atoms with Crippen LogP contribution in [0.3, 0.4) is 0 Å². The first kappa shape index (κ1) is 24.8. The van der Waals surface area contributed by atoms with Gasteiger partial charge in [-0.1, -0.05) is 24.3 Å². The summed E-state index contributed by atoms with van der Waals surface area (Å²) < 4.78 is 41.1. The molecule has 9 heteroatoms. The van der Waals surface area contributed by atoms with Crippen LogP contribution in [0.25, 0.3) is 33.5 Å². The molecule has 1 N–H and O–H groups in total. The summed E-state index contributed by atoms with van der Waals surface area (Å²) in [5.74, 6) is 1.23. The number of hydrogen-bond donors (Lipinski definition) is 1. The normalized spacial score (nSPS) is 14.9. The Kier molecular flexibility index (Phi) is 6.62. The van der Waals surface area contributed by atoms with Crippen LogP contribution in [0.1, 0.15) is 31.2 Å². The van der Waals surface area contributed by atoms with Crippen LogP contribution >= 0.6 is 0 Å². The molecule has 6 nitrogen and oxygen atoms in total. The summed E-state index contributed by atoms with van der Waals surface area (Å²) in [4.78, 5) is 22.2. The minimum absolute atomic E-state index is 0.228. The molecule has 4 aromatic rings. The standard InChI is InChI=1S/C28H27F3N4O2/c1-34-24-9-8-22(28(29,30)31)16-23(24)33-27(34)20-5-3-19(4-6-20)21-7-10-25(32-17-21)35-14-12-18(13-15-35)2-11-26(36)37/h3-10,16-18H,2,11-15H2,1H3,(H,36,37). The van der Waals surface area contributed by atoms with Gasteiger partial charge in [0.2, 0.25) is 0 Å². The van der Waals surface area contributed by atoms with E-state index in [0.717, 1.165) is 67.0 Å². The molecule has 0 aliphatic carbocycles. The number of carbonyl (C=O) groups is 1. The third kappa shape index (κ3) is 5.30. The molecule has 3 heterocycles. The molecule has 0 unspecified atom stereocenters. The number of halogens is 3. The van der Waals surface area contributed by atoms with Gasteiger partial charge in [0.05, 0.1) is 16.6 Å². The summed E-state index contributed by atoms with van der Waals surface area (Å²) in [6.45, 7) is 1.74. The molecule has 1 aliphatic heterocycles. The number of rotatable bonds is 6. The zero-order valence-corrected chi connectivity index (χ0v) is 20.4. The Hall–Kier alpha value is -3.88. The monoisotopic (exact) mass is 508 g/mol. The smallest absolute Gasteiger partial charge is 0.416 e. The van der Waals surface area contributed by atoms with E-state index in [1.807, 2.05) is 42.6 Å². The van der Waals surface area contributed by atoms with E-state index in [9.17, 15) is 18.0 Å². The number of imidazole rings is 1. The molecule has 2 aromatic carbocycles. The molecule has 5 rings (SSSR count). The van der Waals surface area contributed by atoms with Crippen LogP contribution < -0.4 is 4.90 Å². The number of carboxylic acids is 1. The van der Waals surface area contributed by atoms with Crippen molar-refractivity contribution in [2.24, 2.45) is 13.0 Å². The minimum Gasteiger partial charge on any atom is -0.481 e. The highest BCUT2D eigenvalue weighted by Crippen LogP contribution is 2.33. The molecule has 0 atom stereocenters. The number of aromatic nitrogens is 3. The lowest BCUT2D eigenvalue weighted by Gasteiger charge is -2.32. The van der Waals surface area contributed by atoms with Gasteiger partial charge in [-0.05, 0) is 61.1 Å². The molecule has 1 aliphatic rings. The molecular weight excluding hydrogens is 481 g/mol. The summed E-state index contributed by atoms with van der Waals surface area (Å²) in [6, 6.07) is 15.4. The first-order valence-corrected chi connectivity index (χ1v) is 12.3. The fraction of sp³-hybridized carbons (Fsp3) is 0.321. The van der Waals surface area contributed by atoms with Crippen molar-refractivity contribution in [2.75, 3.05) is 18.0 Å². The van der Waals surface area contributed by atoms with E-state index >= 15 is 0 Å². The van der Waals surface area contributed by atoms with Gasteiger partial charge in [-0.2, -0.15) is 13.2 Å². The Morgan fingerprint density at radius 1 is 1.00 bits per heavy atom. The van der Waals surface area contributed by atoms with Gasteiger partial charge in [-0.3, -0.25) is 4.79 Å². The lowest BCUT2D eigenvalue weighted by Crippen LogP contribution is -2.34. The van der Waals surface area contributed by atoms with Crippen molar-refractivity contribution in [3.05, 3.63) is 66.4 Å². The van der Waals surface area contributed by atoms with Crippen LogP contribution in [0, 0.1) is 5.92 Å². The van der Waals surface area contributed by atoms with Crippen molar-refractivity contribution in [1.82, 2.24) is 14.5 Å². The zero-order valence-electron chi connectivity index (χ0n) is 20.4. The molecular formula is C28H27F3N4O2. The van der Waals surface area contributed by atoms with Crippen LogP contribution in [0.4, 0.5) is 19.0 Å².